The smallest absolute Gasteiger partial charge is 0.352 e. The standard InChI is InChI=1S/C17H18N6O9S2/c1-6(24)31-2-7-4-33-15-11(14(27)23(15)12(7)16(28)29)20-13(26)10(8-5-34-17(18)19-8)22-32-3-9(25)21-30/h5,11,15,30H,2-4H2,1H3,(H2,18,19)(H,20,26)(H,21,25)(H,28,29)/t11-,15-/m1/s1. The zero-order chi connectivity index (χ0) is 25.0. The number of carbonyl (C=O) groups excluding carboxylic acids is 4. The Bertz CT molecular complexity index is 1100. The Labute approximate surface area is 198 Å². The van der Waals surface area contributed by atoms with E-state index in [1.165, 1.54) is 29.5 Å². The quantitative estimate of drug-likeness (QED) is 0.0814. The molecule has 6 N–H and O–H groups in total. The van der Waals surface area contributed by atoms with Crippen molar-refractivity contribution in [3.63, 3.8) is 0 Å². The molecule has 1 saturated heterocycles. The summed E-state index contributed by atoms with van der Waals surface area (Å²) in [5, 5.41) is 24.9. The van der Waals surface area contributed by atoms with Crippen molar-refractivity contribution in [3.05, 3.63) is 22.3 Å². The number of hydrogen-bond donors (Lipinski definition) is 5. The summed E-state index contributed by atoms with van der Waals surface area (Å²) in [7, 11) is 0. The van der Waals surface area contributed by atoms with Gasteiger partial charge in [0.25, 0.3) is 17.7 Å². The van der Waals surface area contributed by atoms with E-state index in [2.05, 4.69) is 15.5 Å². The highest BCUT2D eigenvalue weighted by molar-refractivity contribution is 8.00. The van der Waals surface area contributed by atoms with E-state index >= 15 is 0 Å². The maximum absolute atomic E-state index is 12.9. The summed E-state index contributed by atoms with van der Waals surface area (Å²) in [5.74, 6) is -4.33. The third-order valence-electron chi connectivity index (χ3n) is 4.44. The van der Waals surface area contributed by atoms with E-state index in [0.717, 1.165) is 16.2 Å². The lowest BCUT2D eigenvalue weighted by molar-refractivity contribution is -0.150. The maximum Gasteiger partial charge on any atom is 0.352 e. The molecule has 2 aliphatic rings. The molecule has 0 radical (unpaired) electrons. The SMILES string of the molecule is CC(=O)OCC1=C(C(=O)O)N2C(=O)[C@@H](NC(=O)C(=NOCC(=O)NO)c3csc(N)n3)[C@H]2SC1. The fraction of sp³-hybridized carbons (Fsp3) is 0.353. The van der Waals surface area contributed by atoms with Crippen LogP contribution in [0.1, 0.15) is 12.6 Å². The number of aromatic nitrogens is 1. The van der Waals surface area contributed by atoms with Gasteiger partial charge in [-0.3, -0.25) is 29.3 Å². The van der Waals surface area contributed by atoms with Gasteiger partial charge in [0.1, 0.15) is 29.4 Å². The Kier molecular flexibility index (Phi) is 7.69. The number of rotatable bonds is 9. The minimum atomic E-state index is -1.37. The number of nitrogens with zero attached hydrogens (tertiary/aromatic N) is 3. The van der Waals surface area contributed by atoms with Crippen molar-refractivity contribution in [1.82, 2.24) is 20.7 Å². The molecule has 0 spiro atoms. The van der Waals surface area contributed by atoms with E-state index in [4.69, 9.17) is 20.5 Å². The van der Waals surface area contributed by atoms with Crippen LogP contribution in [-0.4, -0.2) is 86.0 Å². The van der Waals surface area contributed by atoms with Crippen LogP contribution in [-0.2, 0) is 33.5 Å². The number of fused-ring (bicyclic) bond motifs is 1. The Morgan fingerprint density at radius 2 is 2.12 bits per heavy atom. The first kappa shape index (κ1) is 24.9. The number of hydrogen-bond acceptors (Lipinski definition) is 13. The van der Waals surface area contributed by atoms with E-state index in [9.17, 15) is 29.1 Å². The second-order valence-electron chi connectivity index (χ2n) is 6.72. The van der Waals surface area contributed by atoms with Crippen LogP contribution in [0.4, 0.5) is 5.13 Å². The summed E-state index contributed by atoms with van der Waals surface area (Å²) >= 11 is 2.18. The van der Waals surface area contributed by atoms with Gasteiger partial charge in [-0.1, -0.05) is 5.16 Å². The predicted molar refractivity (Wildman–Crippen MR) is 115 cm³/mol. The van der Waals surface area contributed by atoms with Crippen molar-refractivity contribution < 1.29 is 43.9 Å². The van der Waals surface area contributed by atoms with Crippen LogP contribution in [0.5, 0.6) is 0 Å². The summed E-state index contributed by atoms with van der Waals surface area (Å²) in [4.78, 5) is 69.3. The Balaban J connectivity index is 1.77. The molecule has 34 heavy (non-hydrogen) atoms. The van der Waals surface area contributed by atoms with Gasteiger partial charge < -0.3 is 25.7 Å². The van der Waals surface area contributed by atoms with Gasteiger partial charge in [0.2, 0.25) is 0 Å². The lowest BCUT2D eigenvalue weighted by atomic mass is 10.0. The number of anilines is 1. The Hall–Kier alpha value is -3.70. The fourth-order valence-electron chi connectivity index (χ4n) is 2.98. The van der Waals surface area contributed by atoms with E-state index in [1.807, 2.05) is 0 Å². The number of esters is 1. The number of thioether (sulfide) groups is 1. The van der Waals surface area contributed by atoms with Crippen LogP contribution in [0.25, 0.3) is 0 Å². The van der Waals surface area contributed by atoms with Gasteiger partial charge in [0, 0.05) is 23.6 Å². The minimum Gasteiger partial charge on any atom is -0.477 e. The number of carbonyl (C=O) groups is 5. The third-order valence-corrected chi connectivity index (χ3v) is 6.46. The van der Waals surface area contributed by atoms with Crippen molar-refractivity contribution >= 4 is 63.6 Å². The van der Waals surface area contributed by atoms with E-state index in [-0.39, 0.29) is 34.5 Å². The number of ether oxygens (including phenoxy) is 1. The number of nitrogen functional groups attached to an aromatic ring is 1. The summed E-state index contributed by atoms with van der Waals surface area (Å²) < 4.78 is 4.87. The molecule has 1 aromatic rings. The normalized spacial score (nSPS) is 19.6. The first-order valence-electron chi connectivity index (χ1n) is 9.32. The third kappa shape index (κ3) is 5.26. The van der Waals surface area contributed by atoms with E-state index in [0.29, 0.717) is 0 Å². The van der Waals surface area contributed by atoms with Crippen molar-refractivity contribution in [1.29, 1.82) is 0 Å². The average molecular weight is 514 g/mol. The highest BCUT2D eigenvalue weighted by atomic mass is 32.2. The van der Waals surface area contributed by atoms with Crippen LogP contribution in [0.15, 0.2) is 21.8 Å². The number of carboxylic acid groups (broad SMARTS) is 1. The highest BCUT2D eigenvalue weighted by Gasteiger charge is 2.54. The number of nitrogens with two attached hydrogens (primary N) is 1. The first-order chi connectivity index (χ1) is 16.1. The number of β-lactam (4-membered cyclic amide) rings is 1. The van der Waals surface area contributed by atoms with Crippen molar-refractivity contribution in [2.45, 2.75) is 18.3 Å². The number of amides is 3. The fourth-order valence-corrected chi connectivity index (χ4v) is 4.86. The van der Waals surface area contributed by atoms with Crippen LogP contribution < -0.4 is 16.5 Å². The molecule has 0 unspecified atom stereocenters. The lowest BCUT2D eigenvalue weighted by Gasteiger charge is -2.49. The molecule has 1 aromatic heterocycles. The molecule has 3 amide bonds. The highest BCUT2D eigenvalue weighted by Crippen LogP contribution is 2.40. The number of carboxylic acids is 1. The molecule has 3 rings (SSSR count). The van der Waals surface area contributed by atoms with Gasteiger partial charge in [-0.15, -0.1) is 23.1 Å². The number of hydroxylamine groups is 1. The molecular weight excluding hydrogens is 496 g/mol. The van der Waals surface area contributed by atoms with Gasteiger partial charge in [0.05, 0.1) is 0 Å². The van der Waals surface area contributed by atoms with Gasteiger partial charge >= 0.3 is 11.9 Å². The molecule has 182 valence electrons. The monoisotopic (exact) mass is 514 g/mol. The molecule has 2 aliphatic heterocycles. The van der Waals surface area contributed by atoms with Gasteiger partial charge in [0.15, 0.2) is 17.5 Å². The molecule has 17 heteroatoms. The van der Waals surface area contributed by atoms with Crippen molar-refractivity contribution in [2.24, 2.45) is 5.16 Å². The zero-order valence-electron chi connectivity index (χ0n) is 17.3. The number of thiazole rings is 1. The molecule has 3 heterocycles. The van der Waals surface area contributed by atoms with Crippen LogP contribution in [0, 0.1) is 0 Å². The zero-order valence-corrected chi connectivity index (χ0v) is 19.0. The van der Waals surface area contributed by atoms with Gasteiger partial charge in [-0.2, -0.15) is 0 Å². The molecule has 0 saturated carbocycles. The second kappa shape index (κ2) is 10.5. The summed E-state index contributed by atoms with van der Waals surface area (Å²) in [5.41, 5.74) is 6.48. The summed E-state index contributed by atoms with van der Waals surface area (Å²) in [6, 6.07) is -1.09. The van der Waals surface area contributed by atoms with Crippen LogP contribution in [0.3, 0.4) is 0 Å². The van der Waals surface area contributed by atoms with Crippen LogP contribution in [0.2, 0.25) is 0 Å². The first-order valence-corrected chi connectivity index (χ1v) is 11.2. The Morgan fingerprint density at radius 3 is 2.71 bits per heavy atom. The molecule has 0 aromatic carbocycles. The lowest BCUT2D eigenvalue weighted by Crippen LogP contribution is -2.71. The predicted octanol–water partition coefficient (Wildman–Crippen LogP) is -1.75. The topological polar surface area (TPSA) is 223 Å². The average Bonchev–Trinajstić information content (AvgIpc) is 3.23. The van der Waals surface area contributed by atoms with Crippen molar-refractivity contribution in [3.8, 4) is 0 Å². The molecule has 2 atom stereocenters. The van der Waals surface area contributed by atoms with Crippen LogP contribution >= 0.6 is 23.1 Å². The van der Waals surface area contributed by atoms with Gasteiger partial charge in [-0.25, -0.2) is 15.3 Å². The van der Waals surface area contributed by atoms with E-state index < -0.39 is 53.4 Å². The summed E-state index contributed by atoms with van der Waals surface area (Å²) in [6.07, 6.45) is 0. The number of nitrogens with one attached hydrogen (secondary N) is 2. The Morgan fingerprint density at radius 1 is 1.38 bits per heavy atom. The van der Waals surface area contributed by atoms with Crippen molar-refractivity contribution in [2.75, 3.05) is 24.7 Å². The number of aliphatic carboxylic acids is 1. The molecular formula is C17H18N6O9S2. The van der Waals surface area contributed by atoms with E-state index in [1.54, 1.807) is 0 Å². The van der Waals surface area contributed by atoms with Gasteiger partial charge in [-0.05, 0) is 0 Å². The largest absolute Gasteiger partial charge is 0.477 e. The summed E-state index contributed by atoms with van der Waals surface area (Å²) in [6.45, 7) is 0.187. The molecule has 0 bridgehead atoms. The molecule has 15 nitrogen and oxygen atoms in total. The minimum absolute atomic E-state index is 0.0131. The molecule has 0 aliphatic carbocycles. The maximum atomic E-state index is 12.9. The second-order valence-corrected chi connectivity index (χ2v) is 8.71. The number of oxime groups is 1. The molecule has 1 fully saturated rings.